The first kappa shape index (κ1) is 10.2. The second-order valence-corrected chi connectivity index (χ2v) is 4.18. The summed E-state index contributed by atoms with van der Waals surface area (Å²) in [7, 11) is 2.15. The van der Waals surface area contributed by atoms with Gasteiger partial charge < -0.3 is 15.5 Å². The average Bonchev–Trinajstić information content (AvgIpc) is 2.51. The quantitative estimate of drug-likeness (QED) is 0.678. The van der Waals surface area contributed by atoms with Gasteiger partial charge in [-0.25, -0.2) is 5.10 Å². The molecule has 0 aromatic carbocycles. The molecule has 6 heteroatoms. The van der Waals surface area contributed by atoms with Crippen LogP contribution in [0.1, 0.15) is 13.3 Å². The summed E-state index contributed by atoms with van der Waals surface area (Å²) in [6.07, 6.45) is 1.13. The zero-order valence-electron chi connectivity index (χ0n) is 9.27. The standard InChI is InChI=1S/C9H18N6/c1-7-6-14(2)4-3-5-15(7)9-11-8(10)12-13-9/h7H,3-6H2,1-2H3,(H3,10,11,12,13). The summed E-state index contributed by atoms with van der Waals surface area (Å²) in [6, 6.07) is 0.424. The second kappa shape index (κ2) is 4.06. The van der Waals surface area contributed by atoms with Crippen molar-refractivity contribution in [3.8, 4) is 0 Å². The summed E-state index contributed by atoms with van der Waals surface area (Å²) in [5, 5.41) is 6.78. The maximum atomic E-state index is 5.53. The summed E-state index contributed by atoms with van der Waals surface area (Å²) in [4.78, 5) is 8.71. The van der Waals surface area contributed by atoms with Gasteiger partial charge in [-0.1, -0.05) is 0 Å². The van der Waals surface area contributed by atoms with Crippen molar-refractivity contribution < 1.29 is 0 Å². The third-order valence-corrected chi connectivity index (χ3v) is 2.79. The Morgan fingerprint density at radius 1 is 1.47 bits per heavy atom. The van der Waals surface area contributed by atoms with E-state index >= 15 is 0 Å². The number of hydrogen-bond donors (Lipinski definition) is 2. The maximum Gasteiger partial charge on any atom is 0.246 e. The first-order chi connectivity index (χ1) is 7.16. The molecule has 2 heterocycles. The third kappa shape index (κ3) is 2.20. The van der Waals surface area contributed by atoms with Crippen LogP contribution in [0.15, 0.2) is 0 Å². The lowest BCUT2D eigenvalue weighted by atomic mass is 10.3. The molecule has 0 radical (unpaired) electrons. The summed E-state index contributed by atoms with van der Waals surface area (Å²) in [5.41, 5.74) is 5.53. The largest absolute Gasteiger partial charge is 0.368 e. The van der Waals surface area contributed by atoms with Gasteiger partial charge in [0.1, 0.15) is 0 Å². The van der Waals surface area contributed by atoms with Gasteiger partial charge in [0.05, 0.1) is 0 Å². The molecular formula is C9H18N6. The molecule has 0 bridgehead atoms. The lowest BCUT2D eigenvalue weighted by Gasteiger charge is -2.26. The molecule has 1 unspecified atom stereocenters. The summed E-state index contributed by atoms with van der Waals surface area (Å²) >= 11 is 0. The van der Waals surface area contributed by atoms with E-state index in [0.29, 0.717) is 12.0 Å². The van der Waals surface area contributed by atoms with E-state index in [1.165, 1.54) is 0 Å². The van der Waals surface area contributed by atoms with E-state index in [-0.39, 0.29) is 0 Å². The van der Waals surface area contributed by atoms with Crippen molar-refractivity contribution in [2.45, 2.75) is 19.4 Å². The molecule has 0 aliphatic carbocycles. The van der Waals surface area contributed by atoms with Crippen LogP contribution in [-0.2, 0) is 0 Å². The van der Waals surface area contributed by atoms with E-state index in [2.05, 4.69) is 39.0 Å². The monoisotopic (exact) mass is 210 g/mol. The van der Waals surface area contributed by atoms with Crippen molar-refractivity contribution in [2.24, 2.45) is 0 Å². The van der Waals surface area contributed by atoms with Crippen LogP contribution in [0.25, 0.3) is 0 Å². The molecule has 1 fully saturated rings. The van der Waals surface area contributed by atoms with Crippen LogP contribution in [-0.4, -0.2) is 52.8 Å². The highest BCUT2D eigenvalue weighted by Crippen LogP contribution is 2.15. The van der Waals surface area contributed by atoms with Crippen LogP contribution >= 0.6 is 0 Å². The molecule has 1 aliphatic rings. The van der Waals surface area contributed by atoms with Crippen molar-refractivity contribution >= 4 is 11.9 Å². The molecule has 0 amide bonds. The van der Waals surface area contributed by atoms with E-state index in [0.717, 1.165) is 32.0 Å². The maximum absolute atomic E-state index is 5.53. The SMILES string of the molecule is CC1CN(C)CCCN1c1n[nH]c(N)n1. The highest BCUT2D eigenvalue weighted by molar-refractivity contribution is 5.35. The molecule has 84 valence electrons. The van der Waals surface area contributed by atoms with Gasteiger partial charge in [0, 0.05) is 19.1 Å². The Morgan fingerprint density at radius 3 is 2.93 bits per heavy atom. The Balaban J connectivity index is 2.13. The number of H-pyrrole nitrogens is 1. The number of aromatic amines is 1. The minimum Gasteiger partial charge on any atom is -0.368 e. The first-order valence-corrected chi connectivity index (χ1v) is 5.30. The molecule has 3 N–H and O–H groups in total. The van der Waals surface area contributed by atoms with Crippen molar-refractivity contribution in [1.29, 1.82) is 0 Å². The minimum absolute atomic E-state index is 0.384. The smallest absolute Gasteiger partial charge is 0.246 e. The van der Waals surface area contributed by atoms with Gasteiger partial charge in [0.2, 0.25) is 11.9 Å². The van der Waals surface area contributed by atoms with E-state index in [1.54, 1.807) is 0 Å². The molecule has 2 rings (SSSR count). The van der Waals surface area contributed by atoms with Crippen molar-refractivity contribution in [3.63, 3.8) is 0 Å². The Labute approximate surface area is 89.5 Å². The third-order valence-electron chi connectivity index (χ3n) is 2.79. The summed E-state index contributed by atoms with van der Waals surface area (Å²) in [6.45, 7) is 5.34. The lowest BCUT2D eigenvalue weighted by Crippen LogP contribution is -2.38. The predicted molar refractivity (Wildman–Crippen MR) is 59.7 cm³/mol. The number of anilines is 2. The Morgan fingerprint density at radius 2 is 2.27 bits per heavy atom. The Kier molecular flexibility index (Phi) is 2.77. The minimum atomic E-state index is 0.384. The fraction of sp³-hybridized carbons (Fsp3) is 0.778. The Hall–Kier alpha value is -1.30. The second-order valence-electron chi connectivity index (χ2n) is 4.18. The van der Waals surface area contributed by atoms with Crippen molar-refractivity contribution in [2.75, 3.05) is 37.3 Å². The molecule has 1 aromatic rings. The van der Waals surface area contributed by atoms with Crippen LogP contribution < -0.4 is 10.6 Å². The topological polar surface area (TPSA) is 74.1 Å². The van der Waals surface area contributed by atoms with Crippen LogP contribution in [0, 0.1) is 0 Å². The molecule has 15 heavy (non-hydrogen) atoms. The molecular weight excluding hydrogens is 192 g/mol. The fourth-order valence-corrected chi connectivity index (χ4v) is 2.06. The average molecular weight is 210 g/mol. The van der Waals surface area contributed by atoms with E-state index < -0.39 is 0 Å². The van der Waals surface area contributed by atoms with E-state index in [4.69, 9.17) is 5.73 Å². The van der Waals surface area contributed by atoms with E-state index in [9.17, 15) is 0 Å². The summed E-state index contributed by atoms with van der Waals surface area (Å²) in [5.74, 6) is 1.10. The summed E-state index contributed by atoms with van der Waals surface area (Å²) < 4.78 is 0. The molecule has 1 aromatic heterocycles. The highest BCUT2D eigenvalue weighted by atomic mass is 15.4. The zero-order valence-corrected chi connectivity index (χ0v) is 9.27. The zero-order chi connectivity index (χ0) is 10.8. The van der Waals surface area contributed by atoms with Gasteiger partial charge in [-0.15, -0.1) is 5.10 Å². The van der Waals surface area contributed by atoms with Crippen LogP contribution in [0.3, 0.4) is 0 Å². The number of nitrogen functional groups attached to an aromatic ring is 1. The number of nitrogens with one attached hydrogen (secondary N) is 1. The number of nitrogens with two attached hydrogens (primary N) is 1. The van der Waals surface area contributed by atoms with Gasteiger partial charge in [0.25, 0.3) is 0 Å². The number of nitrogens with zero attached hydrogens (tertiary/aromatic N) is 4. The Bertz CT molecular complexity index is 322. The normalized spacial score (nSPS) is 24.1. The van der Waals surface area contributed by atoms with E-state index in [1.807, 2.05) is 0 Å². The molecule has 1 saturated heterocycles. The molecule has 0 spiro atoms. The number of hydrogen-bond acceptors (Lipinski definition) is 5. The predicted octanol–water partition coefficient (Wildman–Crippen LogP) is -0.0827. The highest BCUT2D eigenvalue weighted by Gasteiger charge is 2.22. The molecule has 0 saturated carbocycles. The van der Waals surface area contributed by atoms with Crippen LogP contribution in [0.2, 0.25) is 0 Å². The molecule has 6 nitrogen and oxygen atoms in total. The fourth-order valence-electron chi connectivity index (χ4n) is 2.06. The van der Waals surface area contributed by atoms with Gasteiger partial charge in [-0.2, -0.15) is 4.98 Å². The van der Waals surface area contributed by atoms with Gasteiger partial charge >= 0.3 is 0 Å². The number of likely N-dealkylation sites (N-methyl/N-ethyl adjacent to an activating group) is 1. The molecule has 1 aliphatic heterocycles. The van der Waals surface area contributed by atoms with Gasteiger partial charge in [-0.05, 0) is 26.9 Å². The van der Waals surface area contributed by atoms with Crippen LogP contribution in [0.4, 0.5) is 11.9 Å². The van der Waals surface area contributed by atoms with Gasteiger partial charge in [-0.3, -0.25) is 0 Å². The number of rotatable bonds is 1. The van der Waals surface area contributed by atoms with Crippen LogP contribution in [0.5, 0.6) is 0 Å². The lowest BCUT2D eigenvalue weighted by molar-refractivity contribution is 0.337. The molecule has 1 atom stereocenters. The number of aromatic nitrogens is 3. The van der Waals surface area contributed by atoms with Crippen molar-refractivity contribution in [1.82, 2.24) is 20.1 Å². The van der Waals surface area contributed by atoms with Crippen molar-refractivity contribution in [3.05, 3.63) is 0 Å². The van der Waals surface area contributed by atoms with Gasteiger partial charge in [0.15, 0.2) is 0 Å². The first-order valence-electron chi connectivity index (χ1n) is 5.30.